The Balaban J connectivity index is 2.19. The Morgan fingerprint density at radius 3 is 2.36 bits per heavy atom. The van der Waals surface area contributed by atoms with Crippen LogP contribution in [0.1, 0.15) is 27.5 Å². The van der Waals surface area contributed by atoms with Gasteiger partial charge in [-0.3, -0.25) is 9.59 Å². The number of ether oxygens (including phenoxy) is 2. The van der Waals surface area contributed by atoms with Gasteiger partial charge in [-0.2, -0.15) is 0 Å². The number of rotatable bonds is 7. The smallest absolute Gasteiger partial charge is 0.337 e. The lowest BCUT2D eigenvalue weighted by Gasteiger charge is -2.26. The molecule has 0 saturated carbocycles. The van der Waals surface area contributed by atoms with E-state index in [-0.39, 0.29) is 23.4 Å². The van der Waals surface area contributed by atoms with Crippen LogP contribution in [0.2, 0.25) is 0 Å². The molecule has 1 amide bonds. The van der Waals surface area contributed by atoms with E-state index in [4.69, 9.17) is 9.47 Å². The standard InChI is InChI=1S/C24H25FN2O6/c1-26(2)11-12-27-20(14-5-7-15(8-6-14)24(31)33-4)19(22(29)23(27)30)21(28)17-13-16(25)9-10-18(17)32-3/h5-10,13,20,28H,11-12H2,1-4H3/t20-/m1/s1. The number of Topliss-reactive ketones (excluding diaryl/α,β-unsaturated/α-hetero) is 1. The number of nitrogens with zero attached hydrogens (tertiary/aromatic N) is 2. The van der Waals surface area contributed by atoms with Gasteiger partial charge in [0.15, 0.2) is 0 Å². The van der Waals surface area contributed by atoms with Crippen molar-refractivity contribution in [1.29, 1.82) is 0 Å². The topological polar surface area (TPSA) is 96.4 Å². The van der Waals surface area contributed by atoms with Crippen molar-refractivity contribution in [3.63, 3.8) is 0 Å². The SMILES string of the molecule is COC(=O)c1ccc([C@@H]2C(=C(O)c3cc(F)ccc3OC)C(=O)C(=O)N2CCN(C)C)cc1. The Bertz CT molecular complexity index is 1110. The molecule has 2 aromatic rings. The van der Waals surface area contributed by atoms with Gasteiger partial charge in [-0.1, -0.05) is 12.1 Å². The predicted octanol–water partition coefficient (Wildman–Crippen LogP) is 2.60. The number of carbonyl (C=O) groups is 3. The summed E-state index contributed by atoms with van der Waals surface area (Å²) in [5.74, 6) is -3.24. The van der Waals surface area contributed by atoms with E-state index in [0.717, 1.165) is 12.1 Å². The van der Waals surface area contributed by atoms with Gasteiger partial charge in [-0.25, -0.2) is 9.18 Å². The summed E-state index contributed by atoms with van der Waals surface area (Å²) in [4.78, 5) is 41.0. The minimum Gasteiger partial charge on any atom is -0.507 e. The molecular weight excluding hydrogens is 431 g/mol. The van der Waals surface area contributed by atoms with E-state index in [9.17, 15) is 23.9 Å². The summed E-state index contributed by atoms with van der Waals surface area (Å²) in [6.45, 7) is 0.672. The average molecular weight is 456 g/mol. The third kappa shape index (κ3) is 4.73. The molecule has 3 rings (SSSR count). The molecular formula is C24H25FN2O6. The Morgan fingerprint density at radius 1 is 1.12 bits per heavy atom. The second-order valence-corrected chi connectivity index (χ2v) is 7.75. The molecule has 1 aliphatic heterocycles. The van der Waals surface area contributed by atoms with Crippen molar-refractivity contribution in [3.05, 3.63) is 70.5 Å². The van der Waals surface area contributed by atoms with Gasteiger partial charge in [0, 0.05) is 13.1 Å². The molecule has 0 bridgehead atoms. The highest BCUT2D eigenvalue weighted by Gasteiger charge is 2.46. The summed E-state index contributed by atoms with van der Waals surface area (Å²) in [7, 11) is 6.27. The maximum Gasteiger partial charge on any atom is 0.337 e. The van der Waals surface area contributed by atoms with Crippen molar-refractivity contribution in [3.8, 4) is 5.75 Å². The van der Waals surface area contributed by atoms with E-state index in [2.05, 4.69) is 0 Å². The van der Waals surface area contributed by atoms with E-state index < -0.39 is 35.3 Å². The molecule has 2 aromatic carbocycles. The van der Waals surface area contributed by atoms with E-state index in [0.29, 0.717) is 17.7 Å². The zero-order valence-corrected chi connectivity index (χ0v) is 18.8. The van der Waals surface area contributed by atoms with Crippen LogP contribution in [0.4, 0.5) is 4.39 Å². The molecule has 0 aliphatic carbocycles. The van der Waals surface area contributed by atoms with Gasteiger partial charge < -0.3 is 24.4 Å². The number of aliphatic hydroxyl groups is 1. The number of hydrogen-bond acceptors (Lipinski definition) is 7. The lowest BCUT2D eigenvalue weighted by Crippen LogP contribution is -2.35. The van der Waals surface area contributed by atoms with Crippen molar-refractivity contribution >= 4 is 23.4 Å². The minimum atomic E-state index is -0.940. The van der Waals surface area contributed by atoms with E-state index >= 15 is 0 Å². The summed E-state index contributed by atoms with van der Waals surface area (Å²) in [5.41, 5.74) is 0.559. The van der Waals surface area contributed by atoms with Gasteiger partial charge in [0.25, 0.3) is 11.7 Å². The van der Waals surface area contributed by atoms with Crippen LogP contribution in [0.5, 0.6) is 5.75 Å². The number of aliphatic hydroxyl groups excluding tert-OH is 1. The van der Waals surface area contributed by atoms with Crippen LogP contribution in [0, 0.1) is 5.82 Å². The molecule has 33 heavy (non-hydrogen) atoms. The van der Waals surface area contributed by atoms with Gasteiger partial charge in [0.05, 0.1) is 37.0 Å². The van der Waals surface area contributed by atoms with Crippen LogP contribution < -0.4 is 4.74 Å². The number of likely N-dealkylation sites (N-methyl/N-ethyl adjacent to an activating group) is 1. The highest BCUT2D eigenvalue weighted by molar-refractivity contribution is 6.46. The van der Waals surface area contributed by atoms with Crippen LogP contribution in [0.15, 0.2) is 48.0 Å². The van der Waals surface area contributed by atoms with Crippen molar-refractivity contribution in [2.75, 3.05) is 41.4 Å². The Labute approximate surface area is 190 Å². The second kappa shape index (κ2) is 9.83. The molecule has 1 atom stereocenters. The molecule has 1 N–H and O–H groups in total. The lowest BCUT2D eigenvalue weighted by atomic mass is 9.94. The van der Waals surface area contributed by atoms with Crippen molar-refractivity contribution < 1.29 is 33.4 Å². The number of amides is 1. The summed E-state index contributed by atoms with van der Waals surface area (Å²) in [6, 6.07) is 8.78. The van der Waals surface area contributed by atoms with Crippen LogP contribution >= 0.6 is 0 Å². The number of halogens is 1. The van der Waals surface area contributed by atoms with Gasteiger partial charge >= 0.3 is 5.97 Å². The minimum absolute atomic E-state index is 0.0423. The maximum atomic E-state index is 14.0. The molecule has 0 radical (unpaired) electrons. The number of benzene rings is 2. The number of methoxy groups -OCH3 is 2. The molecule has 174 valence electrons. The van der Waals surface area contributed by atoms with E-state index in [1.54, 1.807) is 12.1 Å². The van der Waals surface area contributed by atoms with Crippen LogP contribution in [-0.4, -0.2) is 74.0 Å². The largest absolute Gasteiger partial charge is 0.507 e. The van der Waals surface area contributed by atoms with Crippen molar-refractivity contribution in [1.82, 2.24) is 9.80 Å². The van der Waals surface area contributed by atoms with E-state index in [1.165, 1.54) is 37.3 Å². The summed E-state index contributed by atoms with van der Waals surface area (Å²) >= 11 is 0. The van der Waals surface area contributed by atoms with Gasteiger partial charge in [-0.05, 0) is 50.0 Å². The summed E-state index contributed by atoms with van der Waals surface area (Å²) < 4.78 is 23.9. The summed E-state index contributed by atoms with van der Waals surface area (Å²) in [5, 5.41) is 11.1. The Kier molecular flexibility index (Phi) is 7.13. The van der Waals surface area contributed by atoms with Crippen molar-refractivity contribution in [2.24, 2.45) is 0 Å². The third-order valence-electron chi connectivity index (χ3n) is 5.39. The molecule has 1 fully saturated rings. The molecule has 9 heteroatoms. The number of esters is 1. The van der Waals surface area contributed by atoms with E-state index in [1.807, 2.05) is 19.0 Å². The molecule has 1 aliphatic rings. The molecule has 1 saturated heterocycles. The quantitative estimate of drug-likeness (QED) is 0.296. The summed E-state index contributed by atoms with van der Waals surface area (Å²) in [6.07, 6.45) is 0. The number of ketones is 1. The number of carbonyl (C=O) groups excluding carboxylic acids is 3. The van der Waals surface area contributed by atoms with Crippen LogP contribution in [0.25, 0.3) is 5.76 Å². The first-order chi connectivity index (χ1) is 15.7. The van der Waals surface area contributed by atoms with Crippen LogP contribution in [0.3, 0.4) is 0 Å². The van der Waals surface area contributed by atoms with Crippen molar-refractivity contribution in [2.45, 2.75) is 6.04 Å². The maximum absolute atomic E-state index is 14.0. The molecule has 1 heterocycles. The lowest BCUT2D eigenvalue weighted by molar-refractivity contribution is -0.140. The molecule has 0 spiro atoms. The van der Waals surface area contributed by atoms with Gasteiger partial charge in [-0.15, -0.1) is 0 Å². The molecule has 0 unspecified atom stereocenters. The Hall–Kier alpha value is -3.72. The van der Waals surface area contributed by atoms with Gasteiger partial charge in [0.1, 0.15) is 17.3 Å². The highest BCUT2D eigenvalue weighted by atomic mass is 19.1. The fraction of sp³-hybridized carbons (Fsp3) is 0.292. The normalized spacial score (nSPS) is 17.5. The number of likely N-dealkylation sites (tertiary alicyclic amines) is 1. The third-order valence-corrected chi connectivity index (χ3v) is 5.39. The zero-order chi connectivity index (χ0) is 24.3. The molecule has 8 nitrogen and oxygen atoms in total. The van der Waals surface area contributed by atoms with Gasteiger partial charge in [0.2, 0.25) is 0 Å². The second-order valence-electron chi connectivity index (χ2n) is 7.75. The zero-order valence-electron chi connectivity index (χ0n) is 18.8. The first-order valence-corrected chi connectivity index (χ1v) is 10.1. The highest BCUT2D eigenvalue weighted by Crippen LogP contribution is 2.41. The fourth-order valence-electron chi connectivity index (χ4n) is 3.69. The predicted molar refractivity (Wildman–Crippen MR) is 118 cm³/mol. The Morgan fingerprint density at radius 2 is 1.79 bits per heavy atom. The first kappa shape index (κ1) is 23.9. The number of hydrogen-bond donors (Lipinski definition) is 1. The monoisotopic (exact) mass is 456 g/mol. The fourth-order valence-corrected chi connectivity index (χ4v) is 3.69. The average Bonchev–Trinajstić information content (AvgIpc) is 3.06. The molecule has 0 aromatic heterocycles. The first-order valence-electron chi connectivity index (χ1n) is 10.1. The van der Waals surface area contributed by atoms with Crippen LogP contribution in [-0.2, 0) is 14.3 Å².